The topological polar surface area (TPSA) is 75.8 Å². The number of benzene rings is 2. The Morgan fingerprint density at radius 1 is 1.08 bits per heavy atom. The molecule has 0 saturated heterocycles. The van der Waals surface area contributed by atoms with Crippen LogP contribution >= 0.6 is 0 Å². The molecule has 1 aliphatic rings. The molecule has 1 aliphatic heterocycles. The fourth-order valence-corrected chi connectivity index (χ4v) is 3.21. The molecule has 1 heterocycles. The lowest BCUT2D eigenvalue weighted by Crippen LogP contribution is -2.45. The van der Waals surface area contributed by atoms with Crippen molar-refractivity contribution in [2.45, 2.75) is 18.9 Å². The van der Waals surface area contributed by atoms with E-state index < -0.39 is 5.54 Å². The Hall–Kier alpha value is -2.95. The molecule has 0 radical (unpaired) electrons. The van der Waals surface area contributed by atoms with E-state index in [2.05, 4.69) is 4.99 Å². The van der Waals surface area contributed by atoms with E-state index in [0.29, 0.717) is 13.0 Å². The minimum atomic E-state index is -1.17. The van der Waals surface area contributed by atoms with Gasteiger partial charge in [-0.25, -0.2) is 4.99 Å². The van der Waals surface area contributed by atoms with Gasteiger partial charge in [0, 0.05) is 13.0 Å². The van der Waals surface area contributed by atoms with Gasteiger partial charge in [0.15, 0.2) is 11.5 Å². The molecule has 2 N–H and O–H groups in total. The molecule has 2 aromatic rings. The van der Waals surface area contributed by atoms with Gasteiger partial charge in [0.2, 0.25) is 0 Å². The van der Waals surface area contributed by atoms with Gasteiger partial charge in [-0.15, -0.1) is 0 Å². The molecule has 2 aromatic carbocycles. The lowest BCUT2D eigenvalue weighted by Gasteiger charge is -2.28. The molecule has 128 valence electrons. The highest BCUT2D eigenvalue weighted by Crippen LogP contribution is 2.39. The first-order valence-corrected chi connectivity index (χ1v) is 8.31. The normalized spacial score (nSPS) is 17.2. The molecule has 0 saturated carbocycles. The molecule has 0 bridgehead atoms. The monoisotopic (exact) mass is 335 g/mol. The Bertz CT molecular complexity index is 748. The smallest absolute Gasteiger partial charge is 0.266 e. The van der Waals surface area contributed by atoms with Gasteiger partial charge in [-0.3, -0.25) is 9.69 Å². The maximum atomic E-state index is 13.4. The van der Waals surface area contributed by atoms with Crippen LogP contribution in [0, 0.1) is 5.92 Å². The molecule has 0 aliphatic carbocycles. The van der Waals surface area contributed by atoms with Gasteiger partial charge in [-0.1, -0.05) is 67.6 Å². The van der Waals surface area contributed by atoms with Crippen molar-refractivity contribution in [2.75, 3.05) is 6.54 Å². The Balaban J connectivity index is 2.08. The third kappa shape index (κ3) is 2.93. The molecule has 0 spiro atoms. The highest BCUT2D eigenvalue weighted by molar-refractivity contribution is 6.09. The second-order valence-electron chi connectivity index (χ2n) is 6.34. The molecule has 0 fully saturated rings. The molecular weight excluding hydrogens is 314 g/mol. The summed E-state index contributed by atoms with van der Waals surface area (Å²) in [4.78, 5) is 30.3. The molecule has 5 nitrogen and oxygen atoms in total. The molecule has 1 amide bonds. The van der Waals surface area contributed by atoms with Gasteiger partial charge in [0.1, 0.15) is 6.29 Å². The van der Waals surface area contributed by atoms with Crippen molar-refractivity contribution in [1.82, 2.24) is 4.90 Å². The Morgan fingerprint density at radius 2 is 1.60 bits per heavy atom. The van der Waals surface area contributed by atoms with Crippen LogP contribution < -0.4 is 5.73 Å². The number of nitrogens with zero attached hydrogens (tertiary/aromatic N) is 2. The van der Waals surface area contributed by atoms with Crippen molar-refractivity contribution >= 4 is 18.2 Å². The van der Waals surface area contributed by atoms with Crippen molar-refractivity contribution in [3.63, 3.8) is 0 Å². The summed E-state index contributed by atoms with van der Waals surface area (Å²) in [5.74, 6) is 0.0214. The Labute approximate surface area is 147 Å². The average molecular weight is 335 g/mol. The molecular formula is C20H21N3O2. The number of hydrogen-bond acceptors (Lipinski definition) is 4. The zero-order valence-corrected chi connectivity index (χ0v) is 14.1. The van der Waals surface area contributed by atoms with Gasteiger partial charge in [0.25, 0.3) is 5.91 Å². The lowest BCUT2D eigenvalue weighted by atomic mass is 9.83. The number of aliphatic imine (C=N–C) groups is 1. The maximum Gasteiger partial charge on any atom is 0.266 e. The zero-order chi connectivity index (χ0) is 17.9. The summed E-state index contributed by atoms with van der Waals surface area (Å²) in [7, 11) is 0. The zero-order valence-electron chi connectivity index (χ0n) is 14.1. The van der Waals surface area contributed by atoms with Gasteiger partial charge in [-0.2, -0.15) is 0 Å². The summed E-state index contributed by atoms with van der Waals surface area (Å²) < 4.78 is 0. The highest BCUT2D eigenvalue weighted by Gasteiger charge is 2.50. The van der Waals surface area contributed by atoms with Crippen LogP contribution in [0.1, 0.15) is 24.5 Å². The van der Waals surface area contributed by atoms with Crippen molar-refractivity contribution in [3.05, 3.63) is 71.8 Å². The Kier molecular flexibility index (Phi) is 4.65. The summed E-state index contributed by atoms with van der Waals surface area (Å²) >= 11 is 0. The van der Waals surface area contributed by atoms with Crippen molar-refractivity contribution < 1.29 is 9.59 Å². The third-order valence-electron chi connectivity index (χ3n) is 4.49. The van der Waals surface area contributed by atoms with Crippen molar-refractivity contribution in [1.29, 1.82) is 0 Å². The molecule has 25 heavy (non-hydrogen) atoms. The first-order chi connectivity index (χ1) is 12.1. The second kappa shape index (κ2) is 6.89. The number of hydrogen-bond donors (Lipinski definition) is 1. The van der Waals surface area contributed by atoms with Crippen LogP contribution in [0.4, 0.5) is 0 Å². The first kappa shape index (κ1) is 16.9. The number of carbonyl (C=O) groups is 2. The third-order valence-corrected chi connectivity index (χ3v) is 4.49. The second-order valence-corrected chi connectivity index (χ2v) is 6.34. The molecule has 1 unspecified atom stereocenters. The van der Waals surface area contributed by atoms with Crippen molar-refractivity contribution in [3.8, 4) is 0 Å². The van der Waals surface area contributed by atoms with Crippen LogP contribution in [0.25, 0.3) is 0 Å². The van der Waals surface area contributed by atoms with Gasteiger partial charge in [-0.05, 0) is 17.0 Å². The van der Waals surface area contributed by atoms with Crippen molar-refractivity contribution in [2.24, 2.45) is 16.6 Å². The van der Waals surface area contributed by atoms with E-state index in [0.717, 1.165) is 17.4 Å². The van der Waals surface area contributed by atoms with Crippen LogP contribution in [0.15, 0.2) is 65.7 Å². The van der Waals surface area contributed by atoms with E-state index >= 15 is 0 Å². The number of nitrogens with two attached hydrogens (primary N) is 1. The maximum absolute atomic E-state index is 13.4. The van der Waals surface area contributed by atoms with Gasteiger partial charge in [0.05, 0.1) is 0 Å². The number of carbonyl (C=O) groups excluding carboxylic acids is 2. The minimum Gasteiger partial charge on any atom is -0.369 e. The van der Waals surface area contributed by atoms with E-state index in [1.807, 2.05) is 67.6 Å². The standard InChI is InChI=1S/C20H21N3O2/c1-15(12-13-24)14-23-18(25)20(22-19(23)21,16-8-4-2-5-9-16)17-10-6-3-7-11-17/h2-11,13,15H,12,14H2,1H3,(H2,21,22). The fourth-order valence-electron chi connectivity index (χ4n) is 3.21. The van der Waals surface area contributed by atoms with E-state index in [-0.39, 0.29) is 17.8 Å². The van der Waals surface area contributed by atoms with E-state index in [1.54, 1.807) is 0 Å². The lowest BCUT2D eigenvalue weighted by molar-refractivity contribution is -0.130. The van der Waals surface area contributed by atoms with Gasteiger partial charge >= 0.3 is 0 Å². The predicted octanol–water partition coefficient (Wildman–Crippen LogP) is 2.31. The van der Waals surface area contributed by atoms with Crippen LogP contribution in [0.3, 0.4) is 0 Å². The Morgan fingerprint density at radius 3 is 2.08 bits per heavy atom. The highest BCUT2D eigenvalue weighted by atomic mass is 16.2. The van der Waals surface area contributed by atoms with Crippen LogP contribution in [-0.2, 0) is 15.1 Å². The molecule has 3 rings (SSSR count). The van der Waals surface area contributed by atoms with E-state index in [9.17, 15) is 9.59 Å². The number of amides is 1. The fraction of sp³-hybridized carbons (Fsp3) is 0.250. The predicted molar refractivity (Wildman–Crippen MR) is 96.8 cm³/mol. The molecule has 1 atom stereocenters. The largest absolute Gasteiger partial charge is 0.369 e. The van der Waals surface area contributed by atoms with Crippen LogP contribution in [0.5, 0.6) is 0 Å². The molecule has 5 heteroatoms. The van der Waals surface area contributed by atoms with Crippen LogP contribution in [0.2, 0.25) is 0 Å². The summed E-state index contributed by atoms with van der Waals surface area (Å²) in [5, 5.41) is 0. The summed E-state index contributed by atoms with van der Waals surface area (Å²) in [6.07, 6.45) is 1.24. The minimum absolute atomic E-state index is 0.0116. The average Bonchev–Trinajstić information content (AvgIpc) is 2.89. The summed E-state index contributed by atoms with van der Waals surface area (Å²) in [6.45, 7) is 2.29. The SMILES string of the molecule is CC(CC=O)CN1C(=O)C(c2ccccc2)(c2ccccc2)N=C1N. The number of aldehydes is 1. The number of guanidine groups is 1. The quantitative estimate of drug-likeness (QED) is 0.823. The first-order valence-electron chi connectivity index (χ1n) is 8.31. The number of rotatable bonds is 6. The summed E-state index contributed by atoms with van der Waals surface area (Å²) in [5.41, 5.74) is 6.51. The molecule has 0 aromatic heterocycles. The van der Waals surface area contributed by atoms with Crippen LogP contribution in [-0.4, -0.2) is 29.6 Å². The van der Waals surface area contributed by atoms with E-state index in [4.69, 9.17) is 5.73 Å². The van der Waals surface area contributed by atoms with Gasteiger partial charge < -0.3 is 10.5 Å². The van der Waals surface area contributed by atoms with E-state index in [1.165, 1.54) is 4.90 Å². The summed E-state index contributed by atoms with van der Waals surface area (Å²) in [6, 6.07) is 18.9.